The second kappa shape index (κ2) is 2.38. The van der Waals surface area contributed by atoms with Gasteiger partial charge in [-0.1, -0.05) is 0 Å². The van der Waals surface area contributed by atoms with Crippen LogP contribution in [0.2, 0.25) is 0 Å². The standard InChI is InChI=1S/C6H9NO3/c1-3(8)4-2-5(9)7-6(4)10/h3-4,8H,2H2,1H3,(H,7,9,10). The number of nitrogens with one attached hydrogen (secondary N) is 1. The van der Waals surface area contributed by atoms with Gasteiger partial charge in [-0.3, -0.25) is 14.9 Å². The van der Waals surface area contributed by atoms with Gasteiger partial charge in [-0.2, -0.15) is 0 Å². The Morgan fingerprint density at radius 1 is 1.70 bits per heavy atom. The van der Waals surface area contributed by atoms with Crippen LogP contribution in [0.15, 0.2) is 0 Å². The maximum Gasteiger partial charge on any atom is 0.232 e. The maximum absolute atomic E-state index is 10.7. The van der Waals surface area contributed by atoms with Crippen LogP contribution in [-0.2, 0) is 9.59 Å². The first-order chi connectivity index (χ1) is 4.61. The highest BCUT2D eigenvalue weighted by molar-refractivity contribution is 6.03. The van der Waals surface area contributed by atoms with E-state index in [0.717, 1.165) is 0 Å². The number of carbonyl (C=O) groups is 2. The van der Waals surface area contributed by atoms with Crippen molar-refractivity contribution in [3.8, 4) is 0 Å². The van der Waals surface area contributed by atoms with E-state index in [-0.39, 0.29) is 18.2 Å². The van der Waals surface area contributed by atoms with Crippen LogP contribution in [0.3, 0.4) is 0 Å². The monoisotopic (exact) mass is 143 g/mol. The summed E-state index contributed by atoms with van der Waals surface area (Å²) in [6.07, 6.45) is -0.609. The summed E-state index contributed by atoms with van der Waals surface area (Å²) in [4.78, 5) is 21.3. The molecule has 2 unspecified atom stereocenters. The lowest BCUT2D eigenvalue weighted by Crippen LogP contribution is -2.27. The summed E-state index contributed by atoms with van der Waals surface area (Å²) < 4.78 is 0. The number of imide groups is 1. The lowest BCUT2D eigenvalue weighted by atomic mass is 10.0. The average molecular weight is 143 g/mol. The SMILES string of the molecule is CC(O)C1CC(=O)NC1=O. The van der Waals surface area contributed by atoms with Crippen LogP contribution in [0.1, 0.15) is 13.3 Å². The molecule has 0 aromatic heterocycles. The molecule has 56 valence electrons. The van der Waals surface area contributed by atoms with Crippen molar-refractivity contribution >= 4 is 11.8 Å². The molecule has 1 aliphatic rings. The van der Waals surface area contributed by atoms with Crippen molar-refractivity contribution in [1.82, 2.24) is 5.32 Å². The first-order valence-electron chi connectivity index (χ1n) is 3.13. The lowest BCUT2D eigenvalue weighted by molar-refractivity contribution is -0.126. The molecule has 0 radical (unpaired) electrons. The van der Waals surface area contributed by atoms with E-state index in [2.05, 4.69) is 5.32 Å². The van der Waals surface area contributed by atoms with Crippen LogP contribution in [0.25, 0.3) is 0 Å². The molecule has 1 aliphatic heterocycles. The quantitative estimate of drug-likeness (QED) is 0.464. The van der Waals surface area contributed by atoms with Gasteiger partial charge in [0.1, 0.15) is 0 Å². The van der Waals surface area contributed by atoms with Crippen LogP contribution in [0.4, 0.5) is 0 Å². The van der Waals surface area contributed by atoms with Gasteiger partial charge in [-0.05, 0) is 6.92 Å². The minimum absolute atomic E-state index is 0.122. The summed E-state index contributed by atoms with van der Waals surface area (Å²) in [6, 6.07) is 0. The molecule has 2 amide bonds. The molecule has 4 nitrogen and oxygen atoms in total. The molecule has 0 bridgehead atoms. The van der Waals surface area contributed by atoms with E-state index >= 15 is 0 Å². The van der Waals surface area contributed by atoms with Crippen LogP contribution in [0.5, 0.6) is 0 Å². The smallest absolute Gasteiger partial charge is 0.232 e. The van der Waals surface area contributed by atoms with E-state index in [0.29, 0.717) is 0 Å². The summed E-state index contributed by atoms with van der Waals surface area (Å²) in [5.74, 6) is -1.19. The predicted octanol–water partition coefficient (Wildman–Crippen LogP) is -0.970. The van der Waals surface area contributed by atoms with Crippen molar-refractivity contribution in [2.75, 3.05) is 0 Å². The van der Waals surface area contributed by atoms with E-state index < -0.39 is 12.0 Å². The first kappa shape index (κ1) is 7.21. The summed E-state index contributed by atoms with van der Waals surface area (Å²) in [7, 11) is 0. The molecule has 1 saturated heterocycles. The van der Waals surface area contributed by atoms with Crippen LogP contribution in [-0.4, -0.2) is 23.0 Å². The fourth-order valence-corrected chi connectivity index (χ4v) is 0.963. The molecule has 0 saturated carbocycles. The second-order valence-corrected chi connectivity index (χ2v) is 2.46. The predicted molar refractivity (Wildman–Crippen MR) is 32.9 cm³/mol. The van der Waals surface area contributed by atoms with Crippen molar-refractivity contribution in [3.05, 3.63) is 0 Å². The molecule has 0 spiro atoms. The zero-order valence-electron chi connectivity index (χ0n) is 5.63. The molecule has 2 N–H and O–H groups in total. The summed E-state index contributed by atoms with van der Waals surface area (Å²) in [5.41, 5.74) is 0. The lowest BCUT2D eigenvalue weighted by Gasteiger charge is -2.06. The number of carbonyl (C=O) groups excluding carboxylic acids is 2. The number of rotatable bonds is 1. The van der Waals surface area contributed by atoms with Crippen molar-refractivity contribution in [2.24, 2.45) is 5.92 Å². The second-order valence-electron chi connectivity index (χ2n) is 2.46. The van der Waals surface area contributed by atoms with Gasteiger partial charge in [0, 0.05) is 6.42 Å². The minimum atomic E-state index is -0.730. The topological polar surface area (TPSA) is 66.4 Å². The fourth-order valence-electron chi connectivity index (χ4n) is 0.963. The zero-order valence-corrected chi connectivity index (χ0v) is 5.63. The van der Waals surface area contributed by atoms with Crippen molar-refractivity contribution in [3.63, 3.8) is 0 Å². The Morgan fingerprint density at radius 2 is 2.30 bits per heavy atom. The third kappa shape index (κ3) is 1.16. The van der Waals surface area contributed by atoms with Crippen LogP contribution in [0, 0.1) is 5.92 Å². The van der Waals surface area contributed by atoms with Crippen LogP contribution >= 0.6 is 0 Å². The maximum atomic E-state index is 10.7. The van der Waals surface area contributed by atoms with Crippen molar-refractivity contribution in [1.29, 1.82) is 0 Å². The first-order valence-corrected chi connectivity index (χ1v) is 3.13. The number of hydrogen-bond acceptors (Lipinski definition) is 3. The Labute approximate surface area is 58.2 Å². The van der Waals surface area contributed by atoms with Gasteiger partial charge < -0.3 is 5.11 Å². The average Bonchev–Trinajstić information content (AvgIpc) is 2.10. The molecule has 0 aromatic rings. The van der Waals surface area contributed by atoms with E-state index in [1.807, 2.05) is 0 Å². The van der Waals surface area contributed by atoms with Crippen LogP contribution < -0.4 is 5.32 Å². The third-order valence-corrected chi connectivity index (χ3v) is 1.59. The fraction of sp³-hybridized carbons (Fsp3) is 0.667. The summed E-state index contributed by atoms with van der Waals surface area (Å²) in [5, 5.41) is 11.0. The van der Waals surface area contributed by atoms with Gasteiger partial charge in [0.25, 0.3) is 0 Å². The highest BCUT2D eigenvalue weighted by Gasteiger charge is 2.33. The van der Waals surface area contributed by atoms with Gasteiger partial charge in [0.2, 0.25) is 11.8 Å². The van der Waals surface area contributed by atoms with Gasteiger partial charge >= 0.3 is 0 Å². The molecule has 1 fully saturated rings. The Morgan fingerprint density at radius 3 is 2.50 bits per heavy atom. The van der Waals surface area contributed by atoms with Gasteiger partial charge in [0.15, 0.2) is 0 Å². The van der Waals surface area contributed by atoms with Gasteiger partial charge in [-0.15, -0.1) is 0 Å². The number of amides is 2. The van der Waals surface area contributed by atoms with Crippen molar-refractivity contribution < 1.29 is 14.7 Å². The molecule has 10 heavy (non-hydrogen) atoms. The summed E-state index contributed by atoms with van der Waals surface area (Å²) >= 11 is 0. The molecular weight excluding hydrogens is 134 g/mol. The van der Waals surface area contributed by atoms with E-state index in [4.69, 9.17) is 5.11 Å². The molecule has 4 heteroatoms. The molecule has 1 heterocycles. The minimum Gasteiger partial charge on any atom is -0.393 e. The summed E-state index contributed by atoms with van der Waals surface area (Å²) in [6.45, 7) is 1.50. The Bertz CT molecular complexity index is 176. The molecule has 0 aliphatic carbocycles. The van der Waals surface area contributed by atoms with E-state index in [1.165, 1.54) is 6.92 Å². The highest BCUT2D eigenvalue weighted by atomic mass is 16.3. The Balaban J connectivity index is 2.63. The van der Waals surface area contributed by atoms with Gasteiger partial charge in [-0.25, -0.2) is 0 Å². The number of hydrogen-bond donors (Lipinski definition) is 2. The van der Waals surface area contributed by atoms with E-state index in [1.54, 1.807) is 0 Å². The highest BCUT2D eigenvalue weighted by Crippen LogP contribution is 2.14. The number of aliphatic hydroxyl groups excluding tert-OH is 1. The zero-order chi connectivity index (χ0) is 7.72. The van der Waals surface area contributed by atoms with E-state index in [9.17, 15) is 9.59 Å². The molecule has 2 atom stereocenters. The third-order valence-electron chi connectivity index (χ3n) is 1.59. The largest absolute Gasteiger partial charge is 0.393 e. The molecule has 1 rings (SSSR count). The molecular formula is C6H9NO3. The van der Waals surface area contributed by atoms with Gasteiger partial charge in [0.05, 0.1) is 12.0 Å². The Hall–Kier alpha value is -0.900. The molecule has 0 aromatic carbocycles. The Kier molecular flexibility index (Phi) is 1.72. The number of aliphatic hydroxyl groups is 1. The normalized spacial score (nSPS) is 28.4. The van der Waals surface area contributed by atoms with Crippen molar-refractivity contribution in [2.45, 2.75) is 19.4 Å².